The zero-order chi connectivity index (χ0) is 26.2. The standard InChI is InChI=1S/C27H22BF3N2O4/c1-35-19-6-7-21-17(12-19)9-10-33-23(21)14-25(32-26(33)34)36-15-16-5-8-24(22(28)11-16)37-20-4-2-3-18(13-20)27(29,30)31/h2-8,11-14H,9-10,15,28H2,1H3. The van der Waals surface area contributed by atoms with E-state index in [9.17, 15) is 18.0 Å². The van der Waals surface area contributed by atoms with E-state index in [1.165, 1.54) is 12.1 Å². The summed E-state index contributed by atoms with van der Waals surface area (Å²) in [4.78, 5) is 16.7. The Balaban J connectivity index is 1.32. The highest BCUT2D eigenvalue weighted by atomic mass is 19.4. The van der Waals surface area contributed by atoms with Gasteiger partial charge in [0.25, 0.3) is 0 Å². The maximum absolute atomic E-state index is 13.0. The first-order valence-electron chi connectivity index (χ1n) is 11.6. The quantitative estimate of drug-likeness (QED) is 0.369. The van der Waals surface area contributed by atoms with Crippen LogP contribution in [0.25, 0.3) is 11.3 Å². The minimum atomic E-state index is -4.45. The molecule has 0 N–H and O–H groups in total. The van der Waals surface area contributed by atoms with Gasteiger partial charge in [-0.1, -0.05) is 18.2 Å². The number of hydrogen-bond acceptors (Lipinski definition) is 5. The summed E-state index contributed by atoms with van der Waals surface area (Å²) >= 11 is 0. The molecule has 4 aromatic rings. The fourth-order valence-corrected chi connectivity index (χ4v) is 4.32. The molecule has 6 nitrogen and oxygen atoms in total. The molecule has 10 heteroatoms. The summed E-state index contributed by atoms with van der Waals surface area (Å²) in [7, 11) is 3.41. The van der Waals surface area contributed by atoms with Gasteiger partial charge in [-0.15, -0.1) is 0 Å². The van der Waals surface area contributed by atoms with Crippen LogP contribution in [0.3, 0.4) is 0 Å². The maximum Gasteiger partial charge on any atom is 0.416 e. The van der Waals surface area contributed by atoms with Crippen molar-refractivity contribution >= 4 is 13.3 Å². The minimum Gasteiger partial charge on any atom is -0.497 e. The van der Waals surface area contributed by atoms with Crippen molar-refractivity contribution in [2.24, 2.45) is 0 Å². The van der Waals surface area contributed by atoms with Crippen LogP contribution in [0.2, 0.25) is 0 Å². The molecule has 1 aliphatic rings. The fourth-order valence-electron chi connectivity index (χ4n) is 4.32. The van der Waals surface area contributed by atoms with Crippen LogP contribution in [-0.2, 0) is 25.7 Å². The molecule has 0 bridgehead atoms. The first-order chi connectivity index (χ1) is 17.7. The van der Waals surface area contributed by atoms with Crippen LogP contribution < -0.4 is 25.4 Å². The second kappa shape index (κ2) is 9.69. The van der Waals surface area contributed by atoms with E-state index in [-0.39, 0.29) is 23.9 Å². The fraction of sp³-hybridized carbons (Fsp3) is 0.185. The van der Waals surface area contributed by atoms with E-state index in [2.05, 4.69) is 4.98 Å². The normalized spacial score (nSPS) is 12.4. The highest BCUT2D eigenvalue weighted by Gasteiger charge is 2.30. The molecule has 0 spiro atoms. The molecule has 0 fully saturated rings. The monoisotopic (exact) mass is 506 g/mol. The van der Waals surface area contributed by atoms with Crippen molar-refractivity contribution in [1.29, 1.82) is 0 Å². The molecule has 0 unspecified atom stereocenters. The molecular weight excluding hydrogens is 484 g/mol. The van der Waals surface area contributed by atoms with E-state index in [0.717, 1.165) is 45.7 Å². The third-order valence-corrected chi connectivity index (χ3v) is 6.20. The van der Waals surface area contributed by atoms with Gasteiger partial charge in [-0.2, -0.15) is 18.2 Å². The summed E-state index contributed by atoms with van der Waals surface area (Å²) in [5.74, 6) is 1.50. The van der Waals surface area contributed by atoms with Crippen molar-refractivity contribution in [3.63, 3.8) is 0 Å². The van der Waals surface area contributed by atoms with Crippen LogP contribution in [0.4, 0.5) is 13.2 Å². The number of methoxy groups -OCH3 is 1. The van der Waals surface area contributed by atoms with E-state index in [0.29, 0.717) is 18.7 Å². The average Bonchev–Trinajstić information content (AvgIpc) is 2.88. The van der Waals surface area contributed by atoms with Crippen molar-refractivity contribution in [2.75, 3.05) is 7.11 Å². The molecular formula is C27H22BF3N2O4. The van der Waals surface area contributed by atoms with Gasteiger partial charge in [0.2, 0.25) is 5.88 Å². The number of fused-ring (bicyclic) bond motifs is 3. The van der Waals surface area contributed by atoms with Crippen molar-refractivity contribution in [3.05, 3.63) is 93.9 Å². The van der Waals surface area contributed by atoms with Gasteiger partial charge < -0.3 is 14.2 Å². The van der Waals surface area contributed by atoms with Crippen LogP contribution in [0.5, 0.6) is 23.1 Å². The molecule has 2 heterocycles. The molecule has 1 aromatic heterocycles. The Morgan fingerprint density at radius 1 is 1.03 bits per heavy atom. The first-order valence-corrected chi connectivity index (χ1v) is 11.6. The number of hydrogen-bond donors (Lipinski definition) is 0. The number of aromatic nitrogens is 2. The summed E-state index contributed by atoms with van der Waals surface area (Å²) < 4.78 is 57.4. The molecule has 37 heavy (non-hydrogen) atoms. The lowest BCUT2D eigenvalue weighted by molar-refractivity contribution is -0.137. The number of aryl methyl sites for hydroxylation is 1. The SMILES string of the molecule is Bc1cc(COc2cc3n(c(=O)n2)CCc2cc(OC)ccc2-3)ccc1Oc1cccc(C(F)(F)F)c1. The van der Waals surface area contributed by atoms with Gasteiger partial charge in [0, 0.05) is 18.2 Å². The maximum atomic E-state index is 13.0. The van der Waals surface area contributed by atoms with Crippen LogP contribution >= 0.6 is 0 Å². The number of nitrogens with zero attached hydrogens (tertiary/aromatic N) is 2. The molecule has 188 valence electrons. The smallest absolute Gasteiger partial charge is 0.416 e. The second-order valence-corrected chi connectivity index (χ2v) is 8.70. The minimum absolute atomic E-state index is 0.0959. The summed E-state index contributed by atoms with van der Waals surface area (Å²) in [6, 6.07) is 17.5. The van der Waals surface area contributed by atoms with Gasteiger partial charge in [-0.05, 0) is 65.5 Å². The largest absolute Gasteiger partial charge is 0.497 e. The van der Waals surface area contributed by atoms with Gasteiger partial charge in [0.1, 0.15) is 31.7 Å². The number of rotatable bonds is 6. The van der Waals surface area contributed by atoms with Crippen LogP contribution in [0.15, 0.2) is 71.5 Å². The summed E-state index contributed by atoms with van der Waals surface area (Å²) in [6.07, 6.45) is -3.74. The van der Waals surface area contributed by atoms with Crippen LogP contribution in [-0.4, -0.2) is 24.5 Å². The molecule has 0 amide bonds. The third kappa shape index (κ3) is 5.18. The lowest BCUT2D eigenvalue weighted by Crippen LogP contribution is -2.28. The summed E-state index contributed by atoms with van der Waals surface area (Å²) in [5, 5.41) is 0. The van der Waals surface area contributed by atoms with Crippen molar-refractivity contribution in [1.82, 2.24) is 9.55 Å². The highest BCUT2D eigenvalue weighted by molar-refractivity contribution is 6.34. The Hall–Kier alpha value is -4.21. The van der Waals surface area contributed by atoms with E-state index < -0.39 is 11.7 Å². The molecule has 0 aliphatic carbocycles. The predicted octanol–water partition coefficient (Wildman–Crippen LogP) is 4.12. The Kier molecular flexibility index (Phi) is 6.41. The Labute approximate surface area is 211 Å². The second-order valence-electron chi connectivity index (χ2n) is 8.70. The molecule has 1 aliphatic heterocycles. The molecule has 3 aromatic carbocycles. The number of ether oxygens (including phenoxy) is 3. The highest BCUT2D eigenvalue weighted by Crippen LogP contribution is 2.33. The zero-order valence-electron chi connectivity index (χ0n) is 20.1. The molecule has 5 rings (SSSR count). The van der Waals surface area contributed by atoms with Gasteiger partial charge in [0.15, 0.2) is 0 Å². The van der Waals surface area contributed by atoms with E-state index >= 15 is 0 Å². The summed E-state index contributed by atoms with van der Waals surface area (Å²) in [5.41, 5.74) is 3.11. The lowest BCUT2D eigenvalue weighted by Gasteiger charge is -2.22. The first kappa shape index (κ1) is 24.5. The van der Waals surface area contributed by atoms with Gasteiger partial charge >= 0.3 is 11.9 Å². The average molecular weight is 506 g/mol. The molecule has 0 atom stereocenters. The van der Waals surface area contributed by atoms with Crippen LogP contribution in [0.1, 0.15) is 16.7 Å². The topological polar surface area (TPSA) is 62.6 Å². The predicted molar refractivity (Wildman–Crippen MR) is 135 cm³/mol. The molecule has 0 radical (unpaired) electrons. The van der Waals surface area contributed by atoms with E-state index in [1.807, 2.05) is 24.3 Å². The molecule has 0 saturated heterocycles. The van der Waals surface area contributed by atoms with Crippen molar-refractivity contribution in [2.45, 2.75) is 25.7 Å². The Bertz CT molecular complexity index is 1540. The molecule has 0 saturated carbocycles. The van der Waals surface area contributed by atoms with Gasteiger partial charge in [0.05, 0.1) is 18.4 Å². The zero-order valence-corrected chi connectivity index (χ0v) is 20.1. The van der Waals surface area contributed by atoms with Crippen molar-refractivity contribution < 1.29 is 27.4 Å². The van der Waals surface area contributed by atoms with Gasteiger partial charge in [-0.25, -0.2) is 4.79 Å². The third-order valence-electron chi connectivity index (χ3n) is 6.20. The number of alkyl halides is 3. The Morgan fingerprint density at radius 2 is 1.86 bits per heavy atom. The van der Waals surface area contributed by atoms with E-state index in [4.69, 9.17) is 14.2 Å². The number of benzene rings is 3. The van der Waals surface area contributed by atoms with Crippen LogP contribution in [0, 0.1) is 0 Å². The summed E-state index contributed by atoms with van der Waals surface area (Å²) in [6.45, 7) is 0.671. The number of halogens is 3. The van der Waals surface area contributed by atoms with Crippen molar-refractivity contribution in [3.8, 4) is 34.4 Å². The van der Waals surface area contributed by atoms with E-state index in [1.54, 1.807) is 37.7 Å². The Morgan fingerprint density at radius 3 is 2.62 bits per heavy atom. The van der Waals surface area contributed by atoms with Gasteiger partial charge in [-0.3, -0.25) is 4.57 Å². The lowest BCUT2D eigenvalue weighted by atomic mass is 9.93.